The molecule has 2 N–H and O–H groups in total. The molecule has 0 saturated heterocycles. The highest BCUT2D eigenvalue weighted by atomic mass is 16.3. The van der Waals surface area contributed by atoms with E-state index in [0.717, 1.165) is 23.7 Å². The normalized spacial score (nSPS) is 20.2. The minimum Gasteiger partial charge on any atom is -0.396 e. The van der Waals surface area contributed by atoms with Crippen molar-refractivity contribution in [3.63, 3.8) is 0 Å². The number of aliphatic hydroxyl groups excluding tert-OH is 1. The smallest absolute Gasteiger partial charge is 0.140 e. The van der Waals surface area contributed by atoms with Crippen molar-refractivity contribution in [1.82, 2.24) is 10.4 Å². The van der Waals surface area contributed by atoms with E-state index in [1.807, 2.05) is 23.2 Å². The molecule has 0 aromatic carbocycles. The first kappa shape index (κ1) is 11.5. The molecular formula is C13H15N3O. The second-order valence-corrected chi connectivity index (χ2v) is 3.72. The SMILES string of the molecule is C#CC1=CCC=C2C=CC(=NCCCO)NN12. The first-order chi connectivity index (χ1) is 8.35. The Bertz CT molecular complexity index is 452. The number of fused-ring (bicyclic) bond motifs is 1. The lowest BCUT2D eigenvalue weighted by atomic mass is 10.1. The fraction of sp³-hybridized carbons (Fsp3) is 0.308. The summed E-state index contributed by atoms with van der Waals surface area (Å²) in [4.78, 5) is 4.33. The van der Waals surface area contributed by atoms with Crippen molar-refractivity contribution in [2.75, 3.05) is 13.2 Å². The van der Waals surface area contributed by atoms with Crippen molar-refractivity contribution in [3.8, 4) is 12.3 Å². The third kappa shape index (κ3) is 2.58. The average Bonchev–Trinajstić information content (AvgIpc) is 2.38. The van der Waals surface area contributed by atoms with E-state index in [1.165, 1.54) is 0 Å². The number of hydrogen-bond donors (Lipinski definition) is 2. The Balaban J connectivity index is 2.11. The predicted molar refractivity (Wildman–Crippen MR) is 67.7 cm³/mol. The van der Waals surface area contributed by atoms with Crippen molar-refractivity contribution in [2.24, 2.45) is 4.99 Å². The molecule has 4 heteroatoms. The van der Waals surface area contributed by atoms with Crippen LogP contribution in [0, 0.1) is 12.3 Å². The molecule has 0 fully saturated rings. The largest absolute Gasteiger partial charge is 0.396 e. The molecule has 0 aliphatic carbocycles. The van der Waals surface area contributed by atoms with Gasteiger partial charge in [0, 0.05) is 13.2 Å². The fourth-order valence-corrected chi connectivity index (χ4v) is 1.68. The summed E-state index contributed by atoms with van der Waals surface area (Å²) in [5.41, 5.74) is 5.00. The second kappa shape index (κ2) is 5.37. The van der Waals surface area contributed by atoms with Crippen molar-refractivity contribution >= 4 is 5.84 Å². The number of terminal acetylenes is 1. The van der Waals surface area contributed by atoms with Gasteiger partial charge >= 0.3 is 0 Å². The van der Waals surface area contributed by atoms with Gasteiger partial charge in [-0.1, -0.05) is 12.0 Å². The van der Waals surface area contributed by atoms with Gasteiger partial charge in [0.25, 0.3) is 0 Å². The van der Waals surface area contributed by atoms with Crippen molar-refractivity contribution in [2.45, 2.75) is 12.8 Å². The van der Waals surface area contributed by atoms with Gasteiger partial charge in [0.05, 0.1) is 5.70 Å². The number of rotatable bonds is 3. The van der Waals surface area contributed by atoms with E-state index >= 15 is 0 Å². The molecule has 2 aliphatic rings. The summed E-state index contributed by atoms with van der Waals surface area (Å²) in [6.07, 6.45) is 15.0. The molecule has 0 aromatic rings. The third-order valence-corrected chi connectivity index (χ3v) is 2.52. The maximum Gasteiger partial charge on any atom is 0.140 e. The maximum absolute atomic E-state index is 8.70. The van der Waals surface area contributed by atoms with Crippen molar-refractivity contribution in [1.29, 1.82) is 0 Å². The highest BCUT2D eigenvalue weighted by Gasteiger charge is 2.18. The van der Waals surface area contributed by atoms with Crippen LogP contribution in [-0.4, -0.2) is 29.1 Å². The summed E-state index contributed by atoms with van der Waals surface area (Å²) in [5.74, 6) is 3.41. The summed E-state index contributed by atoms with van der Waals surface area (Å²) in [6.45, 7) is 0.760. The van der Waals surface area contributed by atoms with Gasteiger partial charge in [0.15, 0.2) is 0 Å². The van der Waals surface area contributed by atoms with Crippen molar-refractivity contribution < 1.29 is 5.11 Å². The Kier molecular flexibility index (Phi) is 3.63. The maximum atomic E-state index is 8.70. The standard InChI is InChI=1S/C13H15N3O/c1-2-11-5-3-6-12-7-8-13(15-16(11)12)14-9-4-10-17/h1,5-8,17H,3-4,9-10H2,(H,14,15). The average molecular weight is 229 g/mol. The number of aliphatic hydroxyl groups is 1. The van der Waals surface area contributed by atoms with E-state index in [2.05, 4.69) is 22.4 Å². The highest BCUT2D eigenvalue weighted by molar-refractivity contribution is 5.94. The second-order valence-electron chi connectivity index (χ2n) is 3.72. The minimum absolute atomic E-state index is 0.158. The highest BCUT2D eigenvalue weighted by Crippen LogP contribution is 2.20. The number of aliphatic imine (C=N–C) groups is 1. The number of nitrogens with one attached hydrogen (secondary N) is 1. The van der Waals surface area contributed by atoms with Crippen LogP contribution in [0.1, 0.15) is 12.8 Å². The minimum atomic E-state index is 0.158. The molecule has 88 valence electrons. The van der Waals surface area contributed by atoms with Gasteiger partial charge in [-0.2, -0.15) is 0 Å². The van der Waals surface area contributed by atoms with Crippen LogP contribution in [0.2, 0.25) is 0 Å². The zero-order valence-corrected chi connectivity index (χ0v) is 9.56. The topological polar surface area (TPSA) is 47.9 Å². The quantitative estimate of drug-likeness (QED) is 0.559. The van der Waals surface area contributed by atoms with Crippen LogP contribution < -0.4 is 5.43 Å². The van der Waals surface area contributed by atoms with Gasteiger partial charge in [-0.25, -0.2) is 5.01 Å². The van der Waals surface area contributed by atoms with Crippen LogP contribution in [0.4, 0.5) is 0 Å². The molecule has 2 heterocycles. The van der Waals surface area contributed by atoms with E-state index in [4.69, 9.17) is 11.5 Å². The summed E-state index contributed by atoms with van der Waals surface area (Å²) < 4.78 is 0. The number of hydrogen-bond acceptors (Lipinski definition) is 3. The van der Waals surface area contributed by atoms with Gasteiger partial charge in [-0.3, -0.25) is 10.4 Å². The number of nitrogens with zero attached hydrogens (tertiary/aromatic N) is 2. The van der Waals surface area contributed by atoms with Gasteiger partial charge in [-0.15, -0.1) is 6.42 Å². The predicted octanol–water partition coefficient (Wildman–Crippen LogP) is 0.948. The molecule has 17 heavy (non-hydrogen) atoms. The Morgan fingerprint density at radius 1 is 1.47 bits per heavy atom. The molecule has 0 unspecified atom stereocenters. The zero-order valence-electron chi connectivity index (χ0n) is 9.56. The van der Waals surface area contributed by atoms with Crippen molar-refractivity contribution in [3.05, 3.63) is 35.7 Å². The van der Waals surface area contributed by atoms with Crippen LogP contribution in [0.3, 0.4) is 0 Å². The molecule has 0 saturated carbocycles. The van der Waals surface area contributed by atoms with E-state index in [1.54, 1.807) is 0 Å². The molecular weight excluding hydrogens is 214 g/mol. The van der Waals surface area contributed by atoms with Crippen LogP contribution in [0.25, 0.3) is 0 Å². The summed E-state index contributed by atoms with van der Waals surface area (Å²) in [7, 11) is 0. The molecule has 4 nitrogen and oxygen atoms in total. The lowest BCUT2D eigenvalue weighted by molar-refractivity contribution is 0.291. The summed E-state index contributed by atoms with van der Waals surface area (Å²) in [5, 5.41) is 10.5. The lowest BCUT2D eigenvalue weighted by Gasteiger charge is -2.32. The van der Waals surface area contributed by atoms with E-state index in [9.17, 15) is 0 Å². The number of amidine groups is 1. The van der Waals surface area contributed by atoms with Crippen LogP contribution in [0.15, 0.2) is 40.7 Å². The summed E-state index contributed by atoms with van der Waals surface area (Å²) >= 11 is 0. The molecule has 0 atom stereocenters. The molecule has 2 rings (SSSR count). The van der Waals surface area contributed by atoms with Gasteiger partial charge in [0.1, 0.15) is 11.5 Å². The van der Waals surface area contributed by atoms with E-state index in [-0.39, 0.29) is 6.61 Å². The molecule has 0 aromatic heterocycles. The Hall–Kier alpha value is -1.99. The number of hydrazine groups is 1. The van der Waals surface area contributed by atoms with E-state index < -0.39 is 0 Å². The van der Waals surface area contributed by atoms with Crippen LogP contribution in [0.5, 0.6) is 0 Å². The molecule has 2 aliphatic heterocycles. The molecule has 0 spiro atoms. The Morgan fingerprint density at radius 2 is 2.35 bits per heavy atom. The first-order valence-corrected chi connectivity index (χ1v) is 5.62. The Labute approximate surface area is 101 Å². The lowest BCUT2D eigenvalue weighted by Crippen LogP contribution is -2.43. The summed E-state index contributed by atoms with van der Waals surface area (Å²) in [6, 6.07) is 0. The zero-order chi connectivity index (χ0) is 12.1. The van der Waals surface area contributed by atoms with Crippen LogP contribution >= 0.6 is 0 Å². The monoisotopic (exact) mass is 229 g/mol. The fourth-order valence-electron chi connectivity index (χ4n) is 1.68. The molecule has 0 amide bonds. The Morgan fingerprint density at radius 3 is 3.12 bits per heavy atom. The van der Waals surface area contributed by atoms with E-state index in [0.29, 0.717) is 13.0 Å². The third-order valence-electron chi connectivity index (χ3n) is 2.52. The van der Waals surface area contributed by atoms with Gasteiger partial charge < -0.3 is 5.11 Å². The van der Waals surface area contributed by atoms with Gasteiger partial charge in [0.2, 0.25) is 0 Å². The number of allylic oxidation sites excluding steroid dienone is 4. The first-order valence-electron chi connectivity index (χ1n) is 5.62. The van der Waals surface area contributed by atoms with Gasteiger partial charge in [-0.05, 0) is 31.1 Å². The van der Waals surface area contributed by atoms with Crippen LogP contribution in [-0.2, 0) is 0 Å². The molecule has 0 bridgehead atoms. The molecule has 0 radical (unpaired) electrons.